The number of carboxylic acids is 1. The van der Waals surface area contributed by atoms with Crippen LogP contribution in [0.2, 0.25) is 0 Å². The quantitative estimate of drug-likeness (QED) is 0.595. The van der Waals surface area contributed by atoms with Crippen LogP contribution in [0.5, 0.6) is 0 Å². The van der Waals surface area contributed by atoms with Gasteiger partial charge in [-0.3, -0.25) is 0 Å². The minimum atomic E-state index is -0.879. The van der Waals surface area contributed by atoms with E-state index in [0.29, 0.717) is 5.56 Å². The van der Waals surface area contributed by atoms with Gasteiger partial charge in [0.05, 0.1) is 5.56 Å². The second-order valence-electron chi connectivity index (χ2n) is 1.67. The zero-order valence-corrected chi connectivity index (χ0v) is 13.0. The average molecular weight is 506 g/mol. The molecule has 1 aromatic rings. The summed E-state index contributed by atoms with van der Waals surface area (Å²) >= 11 is 0. The summed E-state index contributed by atoms with van der Waals surface area (Å²) in [5.74, 6) is -0.879. The van der Waals surface area contributed by atoms with Gasteiger partial charge in [0.15, 0.2) is 0 Å². The van der Waals surface area contributed by atoms with Crippen LogP contribution in [0.1, 0.15) is 10.4 Å². The molecule has 0 aliphatic heterocycles. The Kier molecular flexibility index (Phi) is 15.5. The van der Waals surface area contributed by atoms with Crippen molar-refractivity contribution in [1.82, 2.24) is 0 Å². The van der Waals surface area contributed by atoms with Gasteiger partial charge in [-0.05, 0) is 12.1 Å². The van der Waals surface area contributed by atoms with E-state index in [4.69, 9.17) is 5.11 Å². The monoisotopic (exact) mass is 506 g/mol. The molecule has 0 unspecified atom stereocenters. The van der Waals surface area contributed by atoms with Crippen LogP contribution in [0.4, 0.5) is 0 Å². The van der Waals surface area contributed by atoms with Crippen LogP contribution in [0.3, 0.4) is 0 Å². The van der Waals surface area contributed by atoms with Gasteiger partial charge in [-0.2, -0.15) is 0 Å². The number of hydrogen-bond donors (Lipinski definition) is 1. The third-order valence-electron chi connectivity index (χ3n) is 1.02. The second-order valence-corrected chi connectivity index (χ2v) is 1.67. The van der Waals surface area contributed by atoms with Crippen LogP contribution in [-0.4, -0.2) is 11.1 Å². The molecule has 0 bridgehead atoms. The summed E-state index contributed by atoms with van der Waals surface area (Å²) in [7, 11) is 0. The number of aromatic carboxylic acids is 1. The Hall–Kier alpha value is 0.880. The third kappa shape index (κ3) is 6.40. The van der Waals surface area contributed by atoms with E-state index in [1.807, 2.05) is 0 Å². The molecule has 0 aliphatic carbocycles. The molecule has 0 aliphatic rings. The standard InChI is InChI=1S/C7H6O2.3HI/c8-7(9)6-4-2-1-3-5-6;;;/h1-5H,(H,8,9);3*1H. The molecule has 1 aromatic carbocycles. The number of carboxylic acid groups (broad SMARTS) is 1. The molecule has 1 N–H and O–H groups in total. The first kappa shape index (κ1) is 18.6. The Morgan fingerprint density at radius 2 is 1.42 bits per heavy atom. The number of halogens is 3. The predicted octanol–water partition coefficient (Wildman–Crippen LogP) is 3.24. The summed E-state index contributed by atoms with van der Waals surface area (Å²) in [5, 5.41) is 8.38. The lowest BCUT2D eigenvalue weighted by molar-refractivity contribution is 0.0697. The summed E-state index contributed by atoms with van der Waals surface area (Å²) in [6, 6.07) is 8.30. The zero-order chi connectivity index (χ0) is 6.69. The molecular formula is C7H9I3O2. The molecule has 0 radical (unpaired) electrons. The number of rotatable bonds is 1. The summed E-state index contributed by atoms with van der Waals surface area (Å²) in [5.41, 5.74) is 0.331. The van der Waals surface area contributed by atoms with E-state index in [-0.39, 0.29) is 71.9 Å². The molecule has 0 saturated carbocycles. The van der Waals surface area contributed by atoms with E-state index in [9.17, 15) is 4.79 Å². The van der Waals surface area contributed by atoms with Gasteiger partial charge in [-0.25, -0.2) is 4.79 Å². The normalized spacial score (nSPS) is 6.67. The van der Waals surface area contributed by atoms with Gasteiger partial charge in [0.2, 0.25) is 0 Å². The lowest BCUT2D eigenvalue weighted by Crippen LogP contribution is -1.93. The maximum absolute atomic E-state index is 10.2. The predicted molar refractivity (Wildman–Crippen MR) is 79.6 cm³/mol. The molecule has 5 heteroatoms. The highest BCUT2D eigenvalue weighted by Crippen LogP contribution is 1.96. The first-order valence-electron chi connectivity index (χ1n) is 2.59. The van der Waals surface area contributed by atoms with Gasteiger partial charge in [-0.1, -0.05) is 18.2 Å². The minimum absolute atomic E-state index is 0. The highest BCUT2D eigenvalue weighted by Gasteiger charge is 1.96. The van der Waals surface area contributed by atoms with Crippen molar-refractivity contribution < 1.29 is 9.90 Å². The van der Waals surface area contributed by atoms with E-state index in [2.05, 4.69) is 0 Å². The van der Waals surface area contributed by atoms with E-state index >= 15 is 0 Å². The first-order chi connectivity index (χ1) is 4.30. The molecule has 2 nitrogen and oxygen atoms in total. The topological polar surface area (TPSA) is 37.3 Å². The van der Waals surface area contributed by atoms with Crippen molar-refractivity contribution in [2.75, 3.05) is 0 Å². The summed E-state index contributed by atoms with van der Waals surface area (Å²) < 4.78 is 0. The lowest BCUT2D eigenvalue weighted by Gasteiger charge is -1.88. The highest BCUT2D eigenvalue weighted by atomic mass is 127. The van der Waals surface area contributed by atoms with Crippen molar-refractivity contribution in [1.29, 1.82) is 0 Å². The lowest BCUT2D eigenvalue weighted by atomic mass is 10.2. The van der Waals surface area contributed by atoms with Crippen molar-refractivity contribution in [3.05, 3.63) is 35.9 Å². The Morgan fingerprint density at radius 3 is 1.67 bits per heavy atom. The number of benzene rings is 1. The van der Waals surface area contributed by atoms with Gasteiger partial charge >= 0.3 is 5.97 Å². The van der Waals surface area contributed by atoms with Crippen LogP contribution in [0.25, 0.3) is 0 Å². The maximum Gasteiger partial charge on any atom is 0.335 e. The van der Waals surface area contributed by atoms with Gasteiger partial charge in [0.25, 0.3) is 0 Å². The molecule has 12 heavy (non-hydrogen) atoms. The highest BCUT2D eigenvalue weighted by molar-refractivity contribution is 14.0. The number of hydrogen-bond acceptors (Lipinski definition) is 1. The van der Waals surface area contributed by atoms with E-state index < -0.39 is 5.97 Å². The van der Waals surface area contributed by atoms with Crippen LogP contribution in [-0.2, 0) is 0 Å². The minimum Gasteiger partial charge on any atom is -0.478 e. The molecule has 0 spiro atoms. The molecule has 0 saturated heterocycles. The Bertz CT molecular complexity index is 213. The van der Waals surface area contributed by atoms with Crippen LogP contribution in [0, 0.1) is 0 Å². The van der Waals surface area contributed by atoms with Crippen LogP contribution in [0.15, 0.2) is 30.3 Å². The molecule has 70 valence electrons. The van der Waals surface area contributed by atoms with E-state index in [1.54, 1.807) is 30.3 Å². The van der Waals surface area contributed by atoms with Crippen LogP contribution >= 0.6 is 71.9 Å². The number of carbonyl (C=O) groups is 1. The fraction of sp³-hybridized carbons (Fsp3) is 0. The molecule has 1 rings (SSSR count). The largest absolute Gasteiger partial charge is 0.478 e. The average Bonchev–Trinajstić information content (AvgIpc) is 1.90. The zero-order valence-electron chi connectivity index (χ0n) is 5.97. The van der Waals surface area contributed by atoms with Gasteiger partial charge in [0.1, 0.15) is 0 Å². The summed E-state index contributed by atoms with van der Waals surface area (Å²) in [6.45, 7) is 0. The van der Waals surface area contributed by atoms with Crippen molar-refractivity contribution in [3.63, 3.8) is 0 Å². The summed E-state index contributed by atoms with van der Waals surface area (Å²) in [4.78, 5) is 10.2. The van der Waals surface area contributed by atoms with Gasteiger partial charge in [0, 0.05) is 0 Å². The molecule has 0 amide bonds. The van der Waals surface area contributed by atoms with Crippen molar-refractivity contribution in [3.8, 4) is 0 Å². The van der Waals surface area contributed by atoms with E-state index in [0.717, 1.165) is 0 Å². The SMILES string of the molecule is I.I.I.O=C(O)c1ccccc1. The Morgan fingerprint density at radius 1 is 1.00 bits per heavy atom. The first-order valence-corrected chi connectivity index (χ1v) is 2.59. The van der Waals surface area contributed by atoms with Crippen molar-refractivity contribution in [2.45, 2.75) is 0 Å². The molecular weight excluding hydrogens is 497 g/mol. The van der Waals surface area contributed by atoms with Gasteiger partial charge < -0.3 is 5.11 Å². The summed E-state index contributed by atoms with van der Waals surface area (Å²) in [6.07, 6.45) is 0. The Labute approximate surface area is 122 Å². The fourth-order valence-electron chi connectivity index (χ4n) is 0.581. The molecule has 0 fully saturated rings. The maximum atomic E-state index is 10.2. The van der Waals surface area contributed by atoms with E-state index in [1.165, 1.54) is 0 Å². The van der Waals surface area contributed by atoms with Crippen LogP contribution < -0.4 is 0 Å². The second kappa shape index (κ2) is 9.96. The molecule has 0 heterocycles. The fourth-order valence-corrected chi connectivity index (χ4v) is 0.581. The molecule has 0 aromatic heterocycles. The Balaban J connectivity index is -0.000000270. The smallest absolute Gasteiger partial charge is 0.335 e. The molecule has 0 atom stereocenters. The van der Waals surface area contributed by atoms with Crippen molar-refractivity contribution in [2.24, 2.45) is 0 Å². The van der Waals surface area contributed by atoms with Gasteiger partial charge in [-0.15, -0.1) is 71.9 Å². The third-order valence-corrected chi connectivity index (χ3v) is 1.02. The van der Waals surface area contributed by atoms with Crippen molar-refractivity contribution >= 4 is 77.9 Å².